The van der Waals surface area contributed by atoms with E-state index in [0.717, 1.165) is 0 Å². The van der Waals surface area contributed by atoms with E-state index in [0.29, 0.717) is 5.56 Å². The van der Waals surface area contributed by atoms with Crippen LogP contribution < -0.4 is 0 Å². The predicted octanol–water partition coefficient (Wildman–Crippen LogP) is 3.32. The highest BCUT2D eigenvalue weighted by Crippen LogP contribution is 2.08. The lowest BCUT2D eigenvalue weighted by molar-refractivity contribution is 0.0502. The first-order valence-corrected chi connectivity index (χ1v) is 7.50. The van der Waals surface area contributed by atoms with Gasteiger partial charge in [0.1, 0.15) is 6.07 Å². The van der Waals surface area contributed by atoms with Crippen molar-refractivity contribution in [2.24, 2.45) is 10.2 Å². The molecule has 1 aromatic rings. The Morgan fingerprint density at radius 2 is 1.91 bits per heavy atom. The van der Waals surface area contributed by atoms with Gasteiger partial charge in [-0.3, -0.25) is 0 Å². The number of hydrogen-bond donors (Lipinski definition) is 0. The molecule has 0 unspecified atom stereocenters. The molecule has 0 saturated carbocycles. The van der Waals surface area contributed by atoms with Gasteiger partial charge in [-0.1, -0.05) is 5.10 Å². The van der Waals surface area contributed by atoms with Crippen molar-refractivity contribution in [3.63, 3.8) is 0 Å². The van der Waals surface area contributed by atoms with Gasteiger partial charge < -0.3 is 14.2 Å². The fourth-order valence-electron chi connectivity index (χ4n) is 1.19. The van der Waals surface area contributed by atoms with E-state index >= 15 is 0 Å². The van der Waals surface area contributed by atoms with Gasteiger partial charge in [0.05, 0.1) is 12.2 Å². The molecule has 1 aromatic heterocycles. The molecule has 8 heteroatoms. The van der Waals surface area contributed by atoms with Crippen LogP contribution in [0.3, 0.4) is 0 Å². The molecule has 0 radical (unpaired) electrons. The number of carbonyl (C=O) groups excluding carboxylic acids is 1. The van der Waals surface area contributed by atoms with E-state index in [1.165, 1.54) is 11.3 Å². The first-order valence-electron chi connectivity index (χ1n) is 6.55. The number of nitrogens with zero attached hydrogens (tertiary/aromatic N) is 3. The molecule has 1 rings (SSSR count). The number of nitriles is 1. The van der Waals surface area contributed by atoms with Gasteiger partial charge in [0, 0.05) is 10.9 Å². The third-order valence-electron chi connectivity index (χ3n) is 1.97. The number of carbonyl (C=O) groups is 1. The predicted molar refractivity (Wildman–Crippen MR) is 82.8 cm³/mol. The largest absolute Gasteiger partial charge is 0.517 e. The summed E-state index contributed by atoms with van der Waals surface area (Å²) in [6.45, 7) is 6.84. The molecule has 0 aromatic carbocycles. The molecule has 0 fully saturated rings. The molecule has 118 valence electrons. The number of hydrogen-bond acceptors (Lipinski definition) is 8. The van der Waals surface area contributed by atoms with Crippen molar-refractivity contribution in [2.45, 2.75) is 39.9 Å². The molecule has 0 aliphatic carbocycles. The van der Waals surface area contributed by atoms with Gasteiger partial charge >= 0.3 is 12.2 Å². The van der Waals surface area contributed by atoms with Crippen molar-refractivity contribution in [1.82, 2.24) is 0 Å². The number of ether oxygens (including phenoxy) is 3. The van der Waals surface area contributed by atoms with E-state index in [1.54, 1.807) is 39.1 Å². The van der Waals surface area contributed by atoms with Gasteiger partial charge in [0.2, 0.25) is 0 Å². The van der Waals surface area contributed by atoms with Crippen LogP contribution in [0.5, 0.6) is 0 Å². The summed E-state index contributed by atoms with van der Waals surface area (Å²) in [4.78, 5) is 11.5. The van der Waals surface area contributed by atoms with Crippen molar-refractivity contribution >= 4 is 29.3 Å². The van der Waals surface area contributed by atoms with E-state index < -0.39 is 6.16 Å². The Hall–Kier alpha value is -2.40. The van der Waals surface area contributed by atoms with Gasteiger partial charge in [-0.15, -0.1) is 5.10 Å². The second kappa shape index (κ2) is 8.79. The molecule has 0 bridgehead atoms. The molecule has 0 aliphatic heterocycles. The monoisotopic (exact) mass is 323 g/mol. The van der Waals surface area contributed by atoms with Crippen molar-refractivity contribution < 1.29 is 19.0 Å². The molecule has 0 atom stereocenters. The quantitative estimate of drug-likeness (QED) is 0.367. The molecular formula is C14H17N3O4S. The summed E-state index contributed by atoms with van der Waals surface area (Å²) in [6, 6.07) is 3.66. The van der Waals surface area contributed by atoms with E-state index in [2.05, 4.69) is 10.2 Å². The first-order chi connectivity index (χ1) is 10.4. The zero-order valence-corrected chi connectivity index (χ0v) is 13.6. The Bertz CT molecular complexity index is 586. The maximum atomic E-state index is 11.5. The van der Waals surface area contributed by atoms with Crippen molar-refractivity contribution in [3.8, 4) is 6.07 Å². The second-order valence-corrected chi connectivity index (χ2v) is 5.40. The summed E-state index contributed by atoms with van der Waals surface area (Å²) in [7, 11) is 0. The Balaban J connectivity index is 2.90. The zero-order chi connectivity index (χ0) is 16.5. The number of thiophene rings is 1. The molecule has 0 aliphatic rings. The van der Waals surface area contributed by atoms with Gasteiger partial charge in [-0.2, -0.15) is 16.6 Å². The fraction of sp³-hybridized carbons (Fsp3) is 0.429. The van der Waals surface area contributed by atoms with Crippen LogP contribution in [0.2, 0.25) is 0 Å². The van der Waals surface area contributed by atoms with Crippen LogP contribution in [-0.4, -0.2) is 30.2 Å². The summed E-state index contributed by atoms with van der Waals surface area (Å²) >= 11 is 1.43. The average molecular weight is 323 g/mol. The lowest BCUT2D eigenvalue weighted by Gasteiger charge is -2.11. The van der Waals surface area contributed by atoms with Crippen molar-refractivity contribution in [1.29, 1.82) is 5.26 Å². The Morgan fingerprint density at radius 3 is 2.41 bits per heavy atom. The van der Waals surface area contributed by atoms with Crippen LogP contribution in [0.15, 0.2) is 27.0 Å². The highest BCUT2D eigenvalue weighted by Gasteiger charge is 2.15. The lowest BCUT2D eigenvalue weighted by Crippen LogP contribution is -2.21. The minimum Gasteiger partial charge on any atom is -0.446 e. The first kappa shape index (κ1) is 17.7. The van der Waals surface area contributed by atoms with Crippen molar-refractivity contribution in [3.05, 3.63) is 22.4 Å². The SMILES string of the molecule is CC(C)OC(=O)O/C(=N\N=C(/C#N)c1ccsc1)OC(C)C. The Morgan fingerprint density at radius 1 is 1.23 bits per heavy atom. The van der Waals surface area contributed by atoms with Gasteiger partial charge in [-0.05, 0) is 39.1 Å². The molecular weight excluding hydrogens is 306 g/mol. The smallest absolute Gasteiger partial charge is 0.446 e. The summed E-state index contributed by atoms with van der Waals surface area (Å²) in [6.07, 6.45) is -1.94. The Labute approximate surface area is 132 Å². The van der Waals surface area contributed by atoms with Crippen LogP contribution >= 0.6 is 11.3 Å². The third-order valence-corrected chi connectivity index (χ3v) is 2.65. The van der Waals surface area contributed by atoms with Crippen LogP contribution in [0, 0.1) is 11.3 Å². The summed E-state index contributed by atoms with van der Waals surface area (Å²) in [5.74, 6) is 0. The zero-order valence-electron chi connectivity index (χ0n) is 12.8. The maximum Gasteiger partial charge on any atom is 0.517 e. The van der Waals surface area contributed by atoms with Gasteiger partial charge in [0.25, 0.3) is 0 Å². The minimum atomic E-state index is -0.946. The molecule has 0 spiro atoms. The van der Waals surface area contributed by atoms with Crippen LogP contribution in [0.25, 0.3) is 0 Å². The summed E-state index contributed by atoms with van der Waals surface area (Å²) in [5.41, 5.74) is 0.719. The molecule has 0 amide bonds. The van der Waals surface area contributed by atoms with E-state index in [9.17, 15) is 4.79 Å². The summed E-state index contributed by atoms with van der Waals surface area (Å²) < 4.78 is 14.9. The maximum absolute atomic E-state index is 11.5. The van der Waals surface area contributed by atoms with Gasteiger partial charge in [0.15, 0.2) is 5.71 Å². The van der Waals surface area contributed by atoms with Crippen LogP contribution in [-0.2, 0) is 14.2 Å². The second-order valence-electron chi connectivity index (χ2n) is 4.62. The molecule has 22 heavy (non-hydrogen) atoms. The molecule has 0 saturated heterocycles. The standard InChI is InChI=1S/C14H17N3O4S/c1-9(2)19-13(21-14(18)20-10(3)4)17-16-12(7-15)11-5-6-22-8-11/h5-6,8-10H,1-4H3/b16-12+,17-13-. The highest BCUT2D eigenvalue weighted by molar-refractivity contribution is 7.08. The van der Waals surface area contributed by atoms with Gasteiger partial charge in [-0.25, -0.2) is 4.79 Å². The lowest BCUT2D eigenvalue weighted by atomic mass is 10.2. The topological polar surface area (TPSA) is 93.3 Å². The highest BCUT2D eigenvalue weighted by atomic mass is 32.1. The normalized spacial score (nSPS) is 12.2. The summed E-state index contributed by atoms with van der Waals surface area (Å²) in [5, 5.41) is 20.1. The van der Waals surface area contributed by atoms with Crippen LogP contribution in [0.1, 0.15) is 33.3 Å². The minimum absolute atomic E-state index is 0.0898. The third kappa shape index (κ3) is 6.37. The van der Waals surface area contributed by atoms with Crippen LogP contribution in [0.4, 0.5) is 4.79 Å². The molecule has 7 nitrogen and oxygen atoms in total. The molecule has 1 heterocycles. The Kier molecular flexibility index (Phi) is 7.05. The average Bonchev–Trinajstić information content (AvgIpc) is 2.91. The van der Waals surface area contributed by atoms with E-state index in [-0.39, 0.29) is 24.0 Å². The van der Waals surface area contributed by atoms with Crippen molar-refractivity contribution in [2.75, 3.05) is 0 Å². The number of rotatable bonds is 4. The fourth-order valence-corrected chi connectivity index (χ4v) is 1.83. The molecule has 0 N–H and O–H groups in total. The van der Waals surface area contributed by atoms with E-state index in [4.69, 9.17) is 19.5 Å². The van der Waals surface area contributed by atoms with E-state index in [1.807, 2.05) is 11.4 Å².